The van der Waals surface area contributed by atoms with E-state index >= 15 is 0 Å². The lowest BCUT2D eigenvalue weighted by Crippen LogP contribution is -2.44. The van der Waals surface area contributed by atoms with Crippen molar-refractivity contribution in [1.29, 1.82) is 0 Å². The molecule has 1 saturated heterocycles. The number of hydrogen-bond acceptors (Lipinski definition) is 5. The first-order valence-corrected chi connectivity index (χ1v) is 10.1. The smallest absolute Gasteiger partial charge is 0.256 e. The van der Waals surface area contributed by atoms with Gasteiger partial charge in [0.1, 0.15) is 0 Å². The molecule has 2 atom stereocenters. The minimum absolute atomic E-state index is 0.0936. The zero-order chi connectivity index (χ0) is 18.2. The standard InChI is InChI=1S/C21H25N3O3/c25-21(19-17-6-2-1-5-15(17)9-11-26-19)24-10-3-4-14(13-24)12-18-22-20(23-27-18)16-7-8-16/h1-2,5-6,14,16,19H,3-4,7-13H2. The number of piperidine rings is 1. The Morgan fingerprint density at radius 2 is 2.11 bits per heavy atom. The summed E-state index contributed by atoms with van der Waals surface area (Å²) in [5.74, 6) is 2.55. The van der Waals surface area contributed by atoms with Gasteiger partial charge in [0.2, 0.25) is 5.89 Å². The number of carbonyl (C=O) groups is 1. The number of benzene rings is 1. The SMILES string of the molecule is O=C(C1OCCc2ccccc21)N1CCCC(Cc2nc(C3CC3)no2)C1. The quantitative estimate of drug-likeness (QED) is 0.831. The monoisotopic (exact) mass is 367 g/mol. The van der Waals surface area contributed by atoms with Gasteiger partial charge in [0.05, 0.1) is 6.61 Å². The largest absolute Gasteiger partial charge is 0.363 e. The molecule has 1 aromatic carbocycles. The molecule has 142 valence electrons. The van der Waals surface area contributed by atoms with E-state index in [4.69, 9.17) is 9.26 Å². The molecule has 0 spiro atoms. The fraction of sp³-hybridized carbons (Fsp3) is 0.571. The Morgan fingerprint density at radius 1 is 1.22 bits per heavy atom. The zero-order valence-corrected chi connectivity index (χ0v) is 15.5. The molecule has 2 fully saturated rings. The molecule has 3 heterocycles. The highest BCUT2D eigenvalue weighted by Gasteiger charge is 2.34. The van der Waals surface area contributed by atoms with E-state index in [-0.39, 0.29) is 5.91 Å². The highest BCUT2D eigenvalue weighted by Crippen LogP contribution is 2.38. The minimum atomic E-state index is -0.460. The second-order valence-corrected chi connectivity index (χ2v) is 8.02. The molecule has 2 aromatic rings. The van der Waals surface area contributed by atoms with Crippen LogP contribution in [-0.2, 0) is 22.4 Å². The summed E-state index contributed by atoms with van der Waals surface area (Å²) in [7, 11) is 0. The van der Waals surface area contributed by atoms with Crippen LogP contribution in [0.25, 0.3) is 0 Å². The molecule has 0 radical (unpaired) electrons. The van der Waals surface area contributed by atoms with Gasteiger partial charge in [0.25, 0.3) is 5.91 Å². The Kier molecular flexibility index (Phi) is 4.44. The second-order valence-electron chi connectivity index (χ2n) is 8.02. The molecule has 3 aliphatic rings. The normalized spacial score (nSPS) is 25.3. The predicted octanol–water partition coefficient (Wildman–Crippen LogP) is 3.04. The van der Waals surface area contributed by atoms with Gasteiger partial charge in [0, 0.05) is 25.4 Å². The van der Waals surface area contributed by atoms with Gasteiger partial charge in [0.15, 0.2) is 11.9 Å². The fourth-order valence-corrected chi connectivity index (χ4v) is 4.30. The van der Waals surface area contributed by atoms with Crippen molar-refractivity contribution < 1.29 is 14.1 Å². The summed E-state index contributed by atoms with van der Waals surface area (Å²) in [5.41, 5.74) is 2.26. The second kappa shape index (κ2) is 7.08. The lowest BCUT2D eigenvalue weighted by Gasteiger charge is -2.36. The van der Waals surface area contributed by atoms with Crippen molar-refractivity contribution in [3.8, 4) is 0 Å². The molecule has 0 N–H and O–H groups in total. The van der Waals surface area contributed by atoms with E-state index in [2.05, 4.69) is 16.2 Å². The predicted molar refractivity (Wildman–Crippen MR) is 98.1 cm³/mol. The molecule has 0 bridgehead atoms. The third-order valence-electron chi connectivity index (χ3n) is 5.94. The van der Waals surface area contributed by atoms with Crippen LogP contribution < -0.4 is 0 Å². The van der Waals surface area contributed by atoms with Gasteiger partial charge in [-0.3, -0.25) is 4.79 Å². The molecule has 27 heavy (non-hydrogen) atoms. The Bertz CT molecular complexity index is 830. The van der Waals surface area contributed by atoms with E-state index in [1.807, 2.05) is 23.1 Å². The van der Waals surface area contributed by atoms with E-state index in [1.165, 1.54) is 18.4 Å². The van der Waals surface area contributed by atoms with Gasteiger partial charge in [-0.1, -0.05) is 29.4 Å². The van der Waals surface area contributed by atoms with E-state index in [0.29, 0.717) is 18.4 Å². The van der Waals surface area contributed by atoms with Gasteiger partial charge < -0.3 is 14.2 Å². The van der Waals surface area contributed by atoms with Crippen LogP contribution in [-0.4, -0.2) is 40.6 Å². The summed E-state index contributed by atoms with van der Waals surface area (Å²) in [6.07, 6.45) is 5.62. The number of fused-ring (bicyclic) bond motifs is 1. The zero-order valence-electron chi connectivity index (χ0n) is 15.5. The summed E-state index contributed by atoms with van der Waals surface area (Å²) in [6, 6.07) is 8.14. The third-order valence-corrected chi connectivity index (χ3v) is 5.94. The topological polar surface area (TPSA) is 68.5 Å². The Balaban J connectivity index is 1.26. The molecule has 1 amide bonds. The fourth-order valence-electron chi connectivity index (χ4n) is 4.30. The minimum Gasteiger partial charge on any atom is -0.363 e. The highest BCUT2D eigenvalue weighted by atomic mass is 16.5. The maximum Gasteiger partial charge on any atom is 0.256 e. The molecule has 5 rings (SSSR count). The average Bonchev–Trinajstić information content (AvgIpc) is 3.47. The first-order valence-electron chi connectivity index (χ1n) is 10.1. The van der Waals surface area contributed by atoms with Crippen molar-refractivity contribution in [1.82, 2.24) is 15.0 Å². The molecule has 2 unspecified atom stereocenters. The number of hydrogen-bond donors (Lipinski definition) is 0. The van der Waals surface area contributed by atoms with Gasteiger partial charge in [-0.25, -0.2) is 0 Å². The van der Waals surface area contributed by atoms with E-state index < -0.39 is 6.10 Å². The maximum absolute atomic E-state index is 13.2. The number of likely N-dealkylation sites (tertiary alicyclic amines) is 1. The summed E-state index contributed by atoms with van der Waals surface area (Å²) >= 11 is 0. The summed E-state index contributed by atoms with van der Waals surface area (Å²) in [6.45, 7) is 2.15. The van der Waals surface area contributed by atoms with Crippen molar-refractivity contribution in [2.45, 2.75) is 50.5 Å². The number of aromatic nitrogens is 2. The summed E-state index contributed by atoms with van der Waals surface area (Å²) in [5, 5.41) is 4.11. The molecule has 6 heteroatoms. The number of amides is 1. The Hall–Kier alpha value is -2.21. The highest BCUT2D eigenvalue weighted by molar-refractivity contribution is 5.83. The Labute approximate surface area is 158 Å². The summed E-state index contributed by atoms with van der Waals surface area (Å²) < 4.78 is 11.3. The van der Waals surface area contributed by atoms with Gasteiger partial charge >= 0.3 is 0 Å². The van der Waals surface area contributed by atoms with Crippen LogP contribution >= 0.6 is 0 Å². The first-order chi connectivity index (χ1) is 13.3. The van der Waals surface area contributed by atoms with Gasteiger partial charge in [-0.15, -0.1) is 0 Å². The lowest BCUT2D eigenvalue weighted by atomic mass is 9.92. The van der Waals surface area contributed by atoms with Crippen LogP contribution in [0.15, 0.2) is 28.8 Å². The van der Waals surface area contributed by atoms with Crippen LogP contribution in [0.2, 0.25) is 0 Å². The van der Waals surface area contributed by atoms with Crippen molar-refractivity contribution in [2.24, 2.45) is 5.92 Å². The van der Waals surface area contributed by atoms with E-state index in [9.17, 15) is 4.79 Å². The van der Waals surface area contributed by atoms with Crippen molar-refractivity contribution in [2.75, 3.05) is 19.7 Å². The van der Waals surface area contributed by atoms with Gasteiger partial charge in [-0.2, -0.15) is 4.98 Å². The van der Waals surface area contributed by atoms with Gasteiger partial charge in [-0.05, 0) is 49.1 Å². The van der Waals surface area contributed by atoms with Crippen molar-refractivity contribution in [3.05, 3.63) is 47.1 Å². The average molecular weight is 367 g/mol. The van der Waals surface area contributed by atoms with Crippen LogP contribution in [0.3, 0.4) is 0 Å². The molecular weight excluding hydrogens is 342 g/mol. The van der Waals surface area contributed by atoms with Crippen LogP contribution in [0.5, 0.6) is 0 Å². The Morgan fingerprint density at radius 3 is 3.00 bits per heavy atom. The molecule has 1 aromatic heterocycles. The van der Waals surface area contributed by atoms with Crippen molar-refractivity contribution >= 4 is 5.91 Å². The first kappa shape index (κ1) is 16.9. The number of carbonyl (C=O) groups excluding carboxylic acids is 1. The molecule has 1 saturated carbocycles. The molecule has 6 nitrogen and oxygen atoms in total. The molecular formula is C21H25N3O3. The molecule has 1 aliphatic carbocycles. The maximum atomic E-state index is 13.2. The van der Waals surface area contributed by atoms with E-state index in [1.54, 1.807) is 0 Å². The van der Waals surface area contributed by atoms with Crippen molar-refractivity contribution in [3.63, 3.8) is 0 Å². The lowest BCUT2D eigenvalue weighted by molar-refractivity contribution is -0.147. The van der Waals surface area contributed by atoms with Crippen LogP contribution in [0.1, 0.15) is 60.5 Å². The van der Waals surface area contributed by atoms with E-state index in [0.717, 1.165) is 56.1 Å². The van der Waals surface area contributed by atoms with Crippen LogP contribution in [0, 0.1) is 5.92 Å². The number of rotatable bonds is 4. The third kappa shape index (κ3) is 3.50. The number of ether oxygens (including phenoxy) is 1. The summed E-state index contributed by atoms with van der Waals surface area (Å²) in [4.78, 5) is 19.7. The molecule has 2 aliphatic heterocycles. The van der Waals surface area contributed by atoms with Crippen LogP contribution in [0.4, 0.5) is 0 Å². The number of nitrogens with zero attached hydrogens (tertiary/aromatic N) is 3.